The molecule has 1 heterocycles. The normalized spacial score (nSPS) is 16.6. The Morgan fingerprint density at radius 1 is 1.29 bits per heavy atom. The van der Waals surface area contributed by atoms with Crippen molar-refractivity contribution < 1.29 is 9.53 Å². The number of hydrogen-bond donors (Lipinski definition) is 1. The molecular formula is C18H20Cl2N2O2. The quantitative estimate of drug-likeness (QED) is 0.835. The largest absolute Gasteiger partial charge is 0.496 e. The van der Waals surface area contributed by atoms with Crippen molar-refractivity contribution in [2.75, 3.05) is 25.9 Å². The van der Waals surface area contributed by atoms with Crippen LogP contribution < -0.4 is 10.5 Å². The lowest BCUT2D eigenvalue weighted by Crippen LogP contribution is -2.28. The topological polar surface area (TPSA) is 55.6 Å². The van der Waals surface area contributed by atoms with E-state index in [-0.39, 0.29) is 18.3 Å². The maximum absolute atomic E-state index is 12.8. The molecule has 4 nitrogen and oxygen atoms in total. The summed E-state index contributed by atoms with van der Waals surface area (Å²) in [5.41, 5.74) is 7.91. The highest BCUT2D eigenvalue weighted by Crippen LogP contribution is 2.33. The van der Waals surface area contributed by atoms with Gasteiger partial charge < -0.3 is 15.4 Å². The molecule has 3 rings (SSSR count). The molecular weight excluding hydrogens is 347 g/mol. The molecule has 0 aromatic heterocycles. The number of amides is 1. The molecule has 128 valence electrons. The zero-order chi connectivity index (χ0) is 16.4. The minimum absolute atomic E-state index is 0. The highest BCUT2D eigenvalue weighted by Gasteiger charge is 2.29. The first-order chi connectivity index (χ1) is 11.1. The van der Waals surface area contributed by atoms with Crippen molar-refractivity contribution in [1.29, 1.82) is 0 Å². The molecule has 0 saturated carbocycles. The van der Waals surface area contributed by atoms with Crippen molar-refractivity contribution in [3.63, 3.8) is 0 Å². The number of hydrogen-bond acceptors (Lipinski definition) is 3. The zero-order valence-corrected chi connectivity index (χ0v) is 14.9. The van der Waals surface area contributed by atoms with Crippen LogP contribution in [0.4, 0.5) is 5.69 Å². The second-order valence-electron chi connectivity index (χ2n) is 5.72. The Hall–Kier alpha value is -1.91. The Bertz CT molecular complexity index is 722. The lowest BCUT2D eigenvalue weighted by Gasteiger charge is -2.19. The Morgan fingerprint density at radius 3 is 2.67 bits per heavy atom. The van der Waals surface area contributed by atoms with Crippen LogP contribution >= 0.6 is 24.0 Å². The first kappa shape index (κ1) is 18.4. The van der Waals surface area contributed by atoms with Crippen LogP contribution in [-0.4, -0.2) is 31.0 Å². The summed E-state index contributed by atoms with van der Waals surface area (Å²) < 4.78 is 5.29. The van der Waals surface area contributed by atoms with Crippen molar-refractivity contribution in [2.24, 2.45) is 0 Å². The molecule has 6 heteroatoms. The van der Waals surface area contributed by atoms with Crippen molar-refractivity contribution in [2.45, 2.75) is 12.3 Å². The van der Waals surface area contributed by atoms with Crippen molar-refractivity contribution in [3.05, 3.63) is 58.6 Å². The van der Waals surface area contributed by atoms with E-state index < -0.39 is 0 Å². The predicted molar refractivity (Wildman–Crippen MR) is 99.4 cm³/mol. The minimum atomic E-state index is -0.0674. The molecule has 2 N–H and O–H groups in total. The van der Waals surface area contributed by atoms with Gasteiger partial charge in [-0.05, 0) is 18.1 Å². The van der Waals surface area contributed by atoms with Gasteiger partial charge in [-0.15, -0.1) is 12.4 Å². The van der Waals surface area contributed by atoms with Crippen molar-refractivity contribution in [3.8, 4) is 5.75 Å². The third-order valence-corrected chi connectivity index (χ3v) is 4.62. The molecule has 1 saturated heterocycles. The molecule has 24 heavy (non-hydrogen) atoms. The number of nitrogen functional groups attached to an aromatic ring is 1. The van der Waals surface area contributed by atoms with E-state index in [9.17, 15) is 4.79 Å². The summed E-state index contributed by atoms with van der Waals surface area (Å²) in [6, 6.07) is 13.5. The fourth-order valence-electron chi connectivity index (χ4n) is 3.02. The van der Waals surface area contributed by atoms with Gasteiger partial charge in [0.2, 0.25) is 0 Å². The highest BCUT2D eigenvalue weighted by molar-refractivity contribution is 6.33. The summed E-state index contributed by atoms with van der Waals surface area (Å²) >= 11 is 6.07. The standard InChI is InChI=1S/C18H19ClN2O2.ClH/c1-23-17-10-16(20)15(19)9-14(17)18(22)21-8-7-13(11-21)12-5-3-2-4-6-12;/h2-6,9-10,13H,7-8,11,20H2,1H3;1H. The van der Waals surface area contributed by atoms with Crippen LogP contribution in [0, 0.1) is 0 Å². The number of ether oxygens (including phenoxy) is 1. The summed E-state index contributed by atoms with van der Waals surface area (Å²) in [6.07, 6.45) is 0.959. The fourth-order valence-corrected chi connectivity index (χ4v) is 3.18. The lowest BCUT2D eigenvalue weighted by atomic mass is 9.99. The number of benzene rings is 2. The van der Waals surface area contributed by atoms with Gasteiger partial charge >= 0.3 is 0 Å². The Balaban J connectivity index is 0.00000208. The van der Waals surface area contributed by atoms with E-state index in [1.54, 1.807) is 12.1 Å². The van der Waals surface area contributed by atoms with Gasteiger partial charge in [0.05, 0.1) is 23.4 Å². The van der Waals surface area contributed by atoms with Crippen molar-refractivity contribution in [1.82, 2.24) is 4.90 Å². The average Bonchev–Trinajstić information content (AvgIpc) is 3.07. The van der Waals surface area contributed by atoms with E-state index in [0.717, 1.165) is 13.0 Å². The van der Waals surface area contributed by atoms with E-state index >= 15 is 0 Å². The zero-order valence-electron chi connectivity index (χ0n) is 13.4. The first-order valence-electron chi connectivity index (χ1n) is 7.57. The average molecular weight is 367 g/mol. The molecule has 2 aromatic carbocycles. The summed E-state index contributed by atoms with van der Waals surface area (Å²) in [6.45, 7) is 1.43. The third-order valence-electron chi connectivity index (χ3n) is 4.30. The van der Waals surface area contributed by atoms with Gasteiger partial charge in [-0.1, -0.05) is 41.9 Å². The summed E-state index contributed by atoms with van der Waals surface area (Å²) in [5, 5.41) is 0.368. The monoisotopic (exact) mass is 366 g/mol. The molecule has 0 bridgehead atoms. The summed E-state index contributed by atoms with van der Waals surface area (Å²) in [4.78, 5) is 14.7. The number of anilines is 1. The molecule has 1 amide bonds. The number of rotatable bonds is 3. The van der Waals surface area contributed by atoms with Crippen molar-refractivity contribution >= 4 is 35.6 Å². The van der Waals surface area contributed by atoms with Gasteiger partial charge in [-0.3, -0.25) is 4.79 Å². The summed E-state index contributed by atoms with van der Waals surface area (Å²) in [5.74, 6) is 0.762. The number of carbonyl (C=O) groups excluding carboxylic acids is 1. The highest BCUT2D eigenvalue weighted by atomic mass is 35.5. The lowest BCUT2D eigenvalue weighted by molar-refractivity contribution is 0.0787. The minimum Gasteiger partial charge on any atom is -0.496 e. The van der Waals surface area contributed by atoms with Gasteiger partial charge in [-0.25, -0.2) is 0 Å². The van der Waals surface area contributed by atoms with Crippen LogP contribution in [0.1, 0.15) is 28.3 Å². The van der Waals surface area contributed by atoms with E-state index in [1.807, 2.05) is 23.1 Å². The van der Waals surface area contributed by atoms with Crippen LogP contribution in [0.3, 0.4) is 0 Å². The van der Waals surface area contributed by atoms with Gasteiger partial charge in [0.15, 0.2) is 0 Å². The second kappa shape index (κ2) is 7.77. The molecule has 1 aliphatic heterocycles. The molecule has 1 aliphatic rings. The smallest absolute Gasteiger partial charge is 0.257 e. The molecule has 0 radical (unpaired) electrons. The van der Waals surface area contributed by atoms with E-state index in [2.05, 4.69) is 12.1 Å². The molecule has 1 atom stereocenters. The van der Waals surface area contributed by atoms with Crippen LogP contribution in [0.5, 0.6) is 5.75 Å². The number of methoxy groups -OCH3 is 1. The van der Waals surface area contributed by atoms with Crippen LogP contribution in [0.2, 0.25) is 5.02 Å². The second-order valence-corrected chi connectivity index (χ2v) is 6.13. The number of likely N-dealkylation sites (tertiary alicyclic amines) is 1. The van der Waals surface area contributed by atoms with Gasteiger partial charge in [-0.2, -0.15) is 0 Å². The van der Waals surface area contributed by atoms with Crippen LogP contribution in [-0.2, 0) is 0 Å². The SMILES string of the molecule is COc1cc(N)c(Cl)cc1C(=O)N1CCC(c2ccccc2)C1.Cl. The maximum atomic E-state index is 12.8. The molecule has 2 aromatic rings. The van der Waals surface area contributed by atoms with Gasteiger partial charge in [0.1, 0.15) is 5.75 Å². The number of nitrogens with zero attached hydrogens (tertiary/aromatic N) is 1. The van der Waals surface area contributed by atoms with Crippen LogP contribution in [0.25, 0.3) is 0 Å². The third kappa shape index (κ3) is 3.60. The van der Waals surface area contributed by atoms with E-state index in [4.69, 9.17) is 22.1 Å². The van der Waals surface area contributed by atoms with Gasteiger partial charge in [0, 0.05) is 25.1 Å². The molecule has 1 unspecified atom stereocenters. The Kier molecular flexibility index (Phi) is 5.97. The van der Waals surface area contributed by atoms with E-state index in [0.29, 0.717) is 34.5 Å². The molecule has 1 fully saturated rings. The number of nitrogens with two attached hydrogens (primary N) is 1. The number of halogens is 2. The number of carbonyl (C=O) groups is 1. The first-order valence-corrected chi connectivity index (χ1v) is 7.95. The van der Waals surface area contributed by atoms with E-state index in [1.165, 1.54) is 12.7 Å². The Labute approximate surface area is 153 Å². The Morgan fingerprint density at radius 2 is 2.00 bits per heavy atom. The predicted octanol–water partition coefficient (Wildman–Crippen LogP) is 3.98. The maximum Gasteiger partial charge on any atom is 0.257 e. The summed E-state index contributed by atoms with van der Waals surface area (Å²) in [7, 11) is 1.52. The fraction of sp³-hybridized carbons (Fsp3) is 0.278. The molecule has 0 aliphatic carbocycles. The van der Waals surface area contributed by atoms with Gasteiger partial charge in [0.25, 0.3) is 5.91 Å². The molecule has 0 spiro atoms. The van der Waals surface area contributed by atoms with Crippen LogP contribution in [0.15, 0.2) is 42.5 Å².